The van der Waals surface area contributed by atoms with Gasteiger partial charge in [-0.25, -0.2) is 17.8 Å². The maximum atomic E-state index is 13.7. The maximum Gasteiger partial charge on any atom is 0.416 e. The van der Waals surface area contributed by atoms with E-state index in [0.29, 0.717) is 11.4 Å². The van der Waals surface area contributed by atoms with Gasteiger partial charge in [0, 0.05) is 23.8 Å². The van der Waals surface area contributed by atoms with Crippen molar-refractivity contribution < 1.29 is 26.4 Å². The first-order chi connectivity index (χ1) is 15.8. The lowest BCUT2D eigenvalue weighted by atomic mass is 10.1. The van der Waals surface area contributed by atoms with E-state index >= 15 is 0 Å². The molecule has 0 fully saturated rings. The molecule has 2 N–H and O–H groups in total. The molecule has 0 aliphatic heterocycles. The maximum absolute atomic E-state index is 13.7. The highest BCUT2D eigenvalue weighted by molar-refractivity contribution is 7.89. The fourth-order valence-corrected chi connectivity index (χ4v) is 4.70. The Morgan fingerprint density at radius 1 is 1.06 bits per heavy atom. The standard InChI is InChI=1S/C23H25F3N4O3S/c1-14(2)29-34(32,33)20-9-6-17(7-10-20)22(31)27-13-18-5-8-19(12-21(18)23(24,25)26)30-16(4)11-15(3)28-30/h5-12,14,29H,13H2,1-4H3,(H,27,31). The zero-order valence-corrected chi connectivity index (χ0v) is 19.9. The fraction of sp³-hybridized carbons (Fsp3) is 0.304. The van der Waals surface area contributed by atoms with Crippen molar-refractivity contribution in [3.63, 3.8) is 0 Å². The molecule has 0 saturated heterocycles. The molecule has 0 spiro atoms. The molecular weight excluding hydrogens is 469 g/mol. The van der Waals surface area contributed by atoms with Gasteiger partial charge in [-0.1, -0.05) is 6.07 Å². The summed E-state index contributed by atoms with van der Waals surface area (Å²) in [4.78, 5) is 12.5. The molecule has 3 rings (SSSR count). The Bertz CT molecular complexity index is 1300. The average Bonchev–Trinajstić information content (AvgIpc) is 3.08. The van der Waals surface area contributed by atoms with Gasteiger partial charge in [-0.15, -0.1) is 0 Å². The van der Waals surface area contributed by atoms with Crippen LogP contribution in [-0.2, 0) is 22.7 Å². The average molecular weight is 495 g/mol. The van der Waals surface area contributed by atoms with Crippen molar-refractivity contribution >= 4 is 15.9 Å². The second-order valence-corrected chi connectivity index (χ2v) is 9.88. The molecule has 0 bridgehead atoms. The van der Waals surface area contributed by atoms with E-state index < -0.39 is 27.7 Å². The van der Waals surface area contributed by atoms with Gasteiger partial charge in [-0.2, -0.15) is 18.3 Å². The SMILES string of the molecule is Cc1cc(C)n(-c2ccc(CNC(=O)c3ccc(S(=O)(=O)NC(C)C)cc3)c(C(F)(F)F)c2)n1. The monoisotopic (exact) mass is 494 g/mol. The molecule has 0 aliphatic rings. The zero-order chi connectivity index (χ0) is 25.3. The third-order valence-corrected chi connectivity index (χ3v) is 6.58. The number of nitrogens with zero attached hydrogens (tertiary/aromatic N) is 2. The van der Waals surface area contributed by atoms with E-state index in [4.69, 9.17) is 0 Å². The van der Waals surface area contributed by atoms with Crippen molar-refractivity contribution in [2.75, 3.05) is 0 Å². The topological polar surface area (TPSA) is 93.1 Å². The fourth-order valence-electron chi connectivity index (χ4n) is 3.45. The number of sulfonamides is 1. The van der Waals surface area contributed by atoms with Crippen LogP contribution >= 0.6 is 0 Å². The largest absolute Gasteiger partial charge is 0.416 e. The second-order valence-electron chi connectivity index (χ2n) is 8.16. The summed E-state index contributed by atoms with van der Waals surface area (Å²) in [6.45, 7) is 6.49. The Morgan fingerprint density at radius 3 is 2.24 bits per heavy atom. The van der Waals surface area contributed by atoms with Gasteiger partial charge in [0.15, 0.2) is 0 Å². The molecule has 7 nitrogen and oxygen atoms in total. The van der Waals surface area contributed by atoms with Gasteiger partial charge in [0.25, 0.3) is 5.91 Å². The number of halogens is 3. The summed E-state index contributed by atoms with van der Waals surface area (Å²) in [6, 6.07) is 10.4. The van der Waals surface area contributed by atoms with Gasteiger partial charge in [0.1, 0.15) is 0 Å². The van der Waals surface area contributed by atoms with E-state index in [0.717, 1.165) is 6.07 Å². The lowest BCUT2D eigenvalue weighted by Crippen LogP contribution is -2.30. The van der Waals surface area contributed by atoms with E-state index in [1.165, 1.54) is 41.1 Å². The molecular formula is C23H25F3N4O3S. The van der Waals surface area contributed by atoms with Crippen molar-refractivity contribution in [2.24, 2.45) is 0 Å². The van der Waals surface area contributed by atoms with Crippen molar-refractivity contribution in [2.45, 2.75) is 51.4 Å². The number of carbonyl (C=O) groups is 1. The highest BCUT2D eigenvalue weighted by atomic mass is 32.2. The van der Waals surface area contributed by atoms with Gasteiger partial charge >= 0.3 is 6.18 Å². The van der Waals surface area contributed by atoms with Gasteiger partial charge in [0.2, 0.25) is 10.0 Å². The van der Waals surface area contributed by atoms with Crippen LogP contribution in [0.5, 0.6) is 0 Å². The quantitative estimate of drug-likeness (QED) is 0.517. The molecule has 3 aromatic rings. The lowest BCUT2D eigenvalue weighted by molar-refractivity contribution is -0.138. The molecule has 11 heteroatoms. The number of alkyl halides is 3. The Labute approximate surface area is 196 Å². The lowest BCUT2D eigenvalue weighted by Gasteiger charge is -2.16. The molecule has 0 unspecified atom stereocenters. The third kappa shape index (κ3) is 5.84. The van der Waals surface area contributed by atoms with Gasteiger partial charge < -0.3 is 5.32 Å². The minimum Gasteiger partial charge on any atom is -0.348 e. The van der Waals surface area contributed by atoms with Crippen molar-refractivity contribution in [1.82, 2.24) is 19.8 Å². The molecule has 0 aliphatic carbocycles. The predicted molar refractivity (Wildman–Crippen MR) is 121 cm³/mol. The van der Waals surface area contributed by atoms with Gasteiger partial charge in [-0.05, 0) is 75.7 Å². The number of hydrogen-bond acceptors (Lipinski definition) is 4. The Morgan fingerprint density at radius 2 is 1.71 bits per heavy atom. The highest BCUT2D eigenvalue weighted by Crippen LogP contribution is 2.33. The van der Waals surface area contributed by atoms with Crippen molar-refractivity contribution in [3.05, 3.63) is 76.6 Å². The van der Waals surface area contributed by atoms with Crippen molar-refractivity contribution in [1.29, 1.82) is 0 Å². The first-order valence-electron chi connectivity index (χ1n) is 10.4. The minimum absolute atomic E-state index is 0.0168. The van der Waals surface area contributed by atoms with Crippen LogP contribution in [0.15, 0.2) is 53.4 Å². The molecule has 1 aromatic heterocycles. The molecule has 1 heterocycles. The zero-order valence-electron chi connectivity index (χ0n) is 19.1. The predicted octanol–water partition coefficient (Wildman–Crippen LogP) is 4.12. The number of carbonyl (C=O) groups excluding carboxylic acids is 1. The normalized spacial score (nSPS) is 12.2. The first kappa shape index (κ1) is 25.4. The minimum atomic E-state index is -4.63. The molecule has 0 saturated carbocycles. The Hall–Kier alpha value is -3.18. The van der Waals surface area contributed by atoms with E-state index in [2.05, 4.69) is 15.1 Å². The van der Waals surface area contributed by atoms with Crippen LogP contribution in [-0.4, -0.2) is 30.1 Å². The molecule has 0 radical (unpaired) electrons. The number of amides is 1. The summed E-state index contributed by atoms with van der Waals surface area (Å²) in [7, 11) is -3.72. The van der Waals surface area contributed by atoms with Gasteiger partial charge in [-0.3, -0.25) is 4.79 Å². The van der Waals surface area contributed by atoms with E-state index in [1.54, 1.807) is 33.8 Å². The number of nitrogens with one attached hydrogen (secondary N) is 2. The Kier molecular flexibility index (Phi) is 7.18. The Balaban J connectivity index is 1.79. The van der Waals surface area contributed by atoms with E-state index in [9.17, 15) is 26.4 Å². The van der Waals surface area contributed by atoms with E-state index in [1.807, 2.05) is 0 Å². The number of aromatic nitrogens is 2. The number of aryl methyl sites for hydroxylation is 2. The van der Waals surface area contributed by atoms with Crippen LogP contribution in [0.25, 0.3) is 5.69 Å². The summed E-state index contributed by atoms with van der Waals surface area (Å²) in [5.74, 6) is -0.628. The summed E-state index contributed by atoms with van der Waals surface area (Å²) < 4.78 is 69.5. The van der Waals surface area contributed by atoms with Crippen LogP contribution in [0.4, 0.5) is 13.2 Å². The van der Waals surface area contributed by atoms with Crippen LogP contribution in [0, 0.1) is 13.8 Å². The first-order valence-corrected chi connectivity index (χ1v) is 11.9. The molecule has 34 heavy (non-hydrogen) atoms. The van der Waals surface area contributed by atoms with E-state index in [-0.39, 0.29) is 34.3 Å². The van der Waals surface area contributed by atoms with Crippen LogP contribution < -0.4 is 10.0 Å². The molecule has 1 amide bonds. The third-order valence-electron chi connectivity index (χ3n) is 4.91. The summed E-state index contributed by atoms with van der Waals surface area (Å²) in [5.41, 5.74) is 0.781. The summed E-state index contributed by atoms with van der Waals surface area (Å²) in [5, 5.41) is 6.69. The van der Waals surface area contributed by atoms with Crippen LogP contribution in [0.1, 0.15) is 46.7 Å². The van der Waals surface area contributed by atoms with Gasteiger partial charge in [0.05, 0.1) is 21.8 Å². The van der Waals surface area contributed by atoms with Crippen LogP contribution in [0.2, 0.25) is 0 Å². The molecule has 0 atom stereocenters. The van der Waals surface area contributed by atoms with Crippen LogP contribution in [0.3, 0.4) is 0 Å². The smallest absolute Gasteiger partial charge is 0.348 e. The second kappa shape index (κ2) is 9.59. The summed E-state index contributed by atoms with van der Waals surface area (Å²) >= 11 is 0. The summed E-state index contributed by atoms with van der Waals surface area (Å²) in [6.07, 6.45) is -4.63. The number of rotatable bonds is 7. The molecule has 182 valence electrons. The molecule has 2 aromatic carbocycles. The van der Waals surface area contributed by atoms with Crippen molar-refractivity contribution in [3.8, 4) is 5.69 Å². The number of hydrogen-bond donors (Lipinski definition) is 2. The highest BCUT2D eigenvalue weighted by Gasteiger charge is 2.34. The number of benzene rings is 2.